The average molecular weight is 407 g/mol. The molecule has 4 heteroatoms. The molecule has 2 aliphatic heterocycles. The lowest BCUT2D eigenvalue weighted by Gasteiger charge is -2.36. The first-order valence-corrected chi connectivity index (χ1v) is 11.4. The summed E-state index contributed by atoms with van der Waals surface area (Å²) >= 11 is 0. The molecule has 160 valence electrons. The van der Waals surface area contributed by atoms with Crippen LogP contribution in [-0.2, 0) is 28.0 Å². The van der Waals surface area contributed by atoms with Gasteiger partial charge >= 0.3 is 0 Å². The quantitative estimate of drug-likeness (QED) is 0.778. The smallest absolute Gasteiger partial charge is 0.231 e. The number of ether oxygens (including phenoxy) is 1. The fourth-order valence-corrected chi connectivity index (χ4v) is 4.79. The number of nitrogens with one attached hydrogen (secondary N) is 1. The van der Waals surface area contributed by atoms with E-state index in [0.29, 0.717) is 19.8 Å². The van der Waals surface area contributed by atoms with Crippen LogP contribution in [0.2, 0.25) is 0 Å². The molecule has 4 nitrogen and oxygen atoms in total. The number of rotatable bonds is 6. The molecular formula is C26H34N2O2. The Morgan fingerprint density at radius 3 is 2.47 bits per heavy atom. The van der Waals surface area contributed by atoms with Crippen LogP contribution in [0.25, 0.3) is 0 Å². The van der Waals surface area contributed by atoms with Crippen molar-refractivity contribution in [2.75, 3.05) is 26.3 Å². The van der Waals surface area contributed by atoms with Gasteiger partial charge < -0.3 is 10.1 Å². The molecule has 0 aromatic heterocycles. The normalized spacial score (nSPS) is 20.0. The van der Waals surface area contributed by atoms with Crippen molar-refractivity contribution in [1.82, 2.24) is 10.2 Å². The van der Waals surface area contributed by atoms with Crippen molar-refractivity contribution in [2.45, 2.75) is 51.1 Å². The molecule has 2 aromatic rings. The topological polar surface area (TPSA) is 41.6 Å². The summed E-state index contributed by atoms with van der Waals surface area (Å²) in [6, 6.07) is 18.9. The zero-order chi connectivity index (χ0) is 20.8. The van der Waals surface area contributed by atoms with Gasteiger partial charge in [-0.1, -0.05) is 61.5 Å². The summed E-state index contributed by atoms with van der Waals surface area (Å²) in [5, 5.41) is 3.24. The molecule has 0 radical (unpaired) electrons. The molecule has 30 heavy (non-hydrogen) atoms. The van der Waals surface area contributed by atoms with Crippen molar-refractivity contribution in [1.29, 1.82) is 0 Å². The fourth-order valence-electron chi connectivity index (χ4n) is 4.79. The Labute approximate surface area is 180 Å². The van der Waals surface area contributed by atoms with Gasteiger partial charge in [-0.3, -0.25) is 9.69 Å². The number of likely N-dealkylation sites (tertiary alicyclic amines) is 1. The Morgan fingerprint density at radius 2 is 1.73 bits per heavy atom. The van der Waals surface area contributed by atoms with Crippen LogP contribution >= 0.6 is 0 Å². The van der Waals surface area contributed by atoms with E-state index in [1.54, 1.807) is 0 Å². The van der Waals surface area contributed by atoms with E-state index in [4.69, 9.17) is 4.74 Å². The molecule has 0 atom stereocenters. The minimum Gasteiger partial charge on any atom is -0.381 e. The first-order chi connectivity index (χ1) is 14.7. The van der Waals surface area contributed by atoms with E-state index in [2.05, 4.69) is 53.5 Å². The second-order valence-electron chi connectivity index (χ2n) is 9.02. The highest BCUT2D eigenvalue weighted by Crippen LogP contribution is 2.35. The second kappa shape index (κ2) is 9.76. The Bertz CT molecular complexity index is 822. The first-order valence-electron chi connectivity index (χ1n) is 11.4. The van der Waals surface area contributed by atoms with Crippen molar-refractivity contribution in [2.24, 2.45) is 5.92 Å². The predicted octanol–water partition coefficient (Wildman–Crippen LogP) is 4.28. The van der Waals surface area contributed by atoms with Crippen molar-refractivity contribution >= 4 is 5.91 Å². The maximum atomic E-state index is 13.4. The summed E-state index contributed by atoms with van der Waals surface area (Å²) in [5.41, 5.74) is 3.11. The van der Waals surface area contributed by atoms with Crippen molar-refractivity contribution in [3.05, 3.63) is 71.3 Å². The zero-order valence-corrected chi connectivity index (χ0v) is 18.1. The summed E-state index contributed by atoms with van der Waals surface area (Å²) in [4.78, 5) is 15.9. The van der Waals surface area contributed by atoms with E-state index in [0.717, 1.165) is 30.9 Å². The maximum Gasteiger partial charge on any atom is 0.231 e. The number of hydrogen-bond donors (Lipinski definition) is 1. The van der Waals surface area contributed by atoms with E-state index < -0.39 is 5.41 Å². The van der Waals surface area contributed by atoms with Gasteiger partial charge in [0.2, 0.25) is 5.91 Å². The summed E-state index contributed by atoms with van der Waals surface area (Å²) in [7, 11) is 0. The van der Waals surface area contributed by atoms with Crippen LogP contribution in [0, 0.1) is 5.92 Å². The summed E-state index contributed by atoms with van der Waals surface area (Å²) < 4.78 is 5.57. The molecule has 1 amide bonds. The van der Waals surface area contributed by atoms with E-state index in [1.165, 1.54) is 37.1 Å². The van der Waals surface area contributed by atoms with E-state index in [1.807, 2.05) is 18.2 Å². The number of amides is 1. The summed E-state index contributed by atoms with van der Waals surface area (Å²) in [6.45, 7) is 7.55. The number of nitrogens with zero attached hydrogens (tertiary/aromatic N) is 1. The highest BCUT2D eigenvalue weighted by Gasteiger charge is 2.41. The van der Waals surface area contributed by atoms with Crippen LogP contribution in [-0.4, -0.2) is 37.1 Å². The third-order valence-corrected chi connectivity index (χ3v) is 6.83. The lowest BCUT2D eigenvalue weighted by atomic mass is 9.73. The lowest BCUT2D eigenvalue weighted by Crippen LogP contribution is -2.47. The molecule has 1 N–H and O–H groups in total. The standard InChI is InChI=1S/C26H34N2O2/c1-21-10-14-28(15-11-21)20-23-7-5-6-22(18-23)19-27-25(29)26(12-16-30-17-13-26)24-8-3-2-4-9-24/h2-9,18,21H,10-17,19-20H2,1H3,(H,27,29). The number of piperidine rings is 1. The van der Waals surface area contributed by atoms with Crippen molar-refractivity contribution < 1.29 is 9.53 Å². The second-order valence-corrected chi connectivity index (χ2v) is 9.02. The van der Waals surface area contributed by atoms with Crippen molar-refractivity contribution in [3.8, 4) is 0 Å². The van der Waals surface area contributed by atoms with Gasteiger partial charge in [0.05, 0.1) is 5.41 Å². The third-order valence-electron chi connectivity index (χ3n) is 6.83. The number of carbonyl (C=O) groups is 1. The molecule has 2 heterocycles. The highest BCUT2D eigenvalue weighted by atomic mass is 16.5. The van der Waals surface area contributed by atoms with E-state index >= 15 is 0 Å². The molecule has 0 saturated carbocycles. The predicted molar refractivity (Wildman–Crippen MR) is 120 cm³/mol. The van der Waals surface area contributed by atoms with Crippen LogP contribution in [0.1, 0.15) is 49.3 Å². The Morgan fingerprint density at radius 1 is 1.03 bits per heavy atom. The molecule has 0 spiro atoms. The molecule has 2 fully saturated rings. The summed E-state index contributed by atoms with van der Waals surface area (Å²) in [6.07, 6.45) is 4.05. The Hall–Kier alpha value is -2.17. The maximum absolute atomic E-state index is 13.4. The molecule has 0 unspecified atom stereocenters. The summed E-state index contributed by atoms with van der Waals surface area (Å²) in [5.74, 6) is 0.970. The Balaban J connectivity index is 1.40. The Kier molecular flexibility index (Phi) is 6.86. The van der Waals surface area contributed by atoms with Gasteiger partial charge in [0.15, 0.2) is 0 Å². The largest absolute Gasteiger partial charge is 0.381 e. The molecule has 4 rings (SSSR count). The minimum absolute atomic E-state index is 0.118. The van der Waals surface area contributed by atoms with Gasteiger partial charge in [-0.2, -0.15) is 0 Å². The van der Waals surface area contributed by atoms with Gasteiger partial charge in [-0.05, 0) is 61.4 Å². The lowest BCUT2D eigenvalue weighted by molar-refractivity contribution is -0.130. The average Bonchev–Trinajstić information content (AvgIpc) is 2.80. The molecule has 2 aliphatic rings. The van der Waals surface area contributed by atoms with Gasteiger partial charge in [0.25, 0.3) is 0 Å². The molecule has 2 saturated heterocycles. The molecule has 0 bridgehead atoms. The van der Waals surface area contributed by atoms with Crippen LogP contribution in [0.4, 0.5) is 0 Å². The monoisotopic (exact) mass is 406 g/mol. The number of benzene rings is 2. The molecule has 2 aromatic carbocycles. The third kappa shape index (κ3) is 4.93. The minimum atomic E-state index is -0.485. The first kappa shape index (κ1) is 21.1. The van der Waals surface area contributed by atoms with Crippen LogP contribution in [0.15, 0.2) is 54.6 Å². The van der Waals surface area contributed by atoms with Crippen LogP contribution in [0.3, 0.4) is 0 Å². The molecular weight excluding hydrogens is 372 g/mol. The highest BCUT2D eigenvalue weighted by molar-refractivity contribution is 5.88. The molecule has 0 aliphatic carbocycles. The van der Waals surface area contributed by atoms with Gasteiger partial charge in [0, 0.05) is 26.3 Å². The van der Waals surface area contributed by atoms with E-state index in [-0.39, 0.29) is 5.91 Å². The number of hydrogen-bond acceptors (Lipinski definition) is 3. The van der Waals surface area contributed by atoms with Crippen LogP contribution in [0.5, 0.6) is 0 Å². The van der Waals surface area contributed by atoms with Gasteiger partial charge in [-0.25, -0.2) is 0 Å². The van der Waals surface area contributed by atoms with Crippen LogP contribution < -0.4 is 5.32 Å². The fraction of sp³-hybridized carbons (Fsp3) is 0.500. The SMILES string of the molecule is CC1CCN(Cc2cccc(CNC(=O)C3(c4ccccc4)CCOCC3)c2)CC1. The van der Waals surface area contributed by atoms with E-state index in [9.17, 15) is 4.79 Å². The number of carbonyl (C=O) groups excluding carboxylic acids is 1. The van der Waals surface area contributed by atoms with Crippen molar-refractivity contribution in [3.63, 3.8) is 0 Å². The van der Waals surface area contributed by atoms with Gasteiger partial charge in [-0.15, -0.1) is 0 Å². The zero-order valence-electron chi connectivity index (χ0n) is 18.1. The van der Waals surface area contributed by atoms with Gasteiger partial charge in [0.1, 0.15) is 0 Å².